The van der Waals surface area contributed by atoms with Crippen molar-refractivity contribution in [3.8, 4) is 11.4 Å². The summed E-state index contributed by atoms with van der Waals surface area (Å²) in [5, 5.41) is 4.99. The van der Waals surface area contributed by atoms with E-state index in [1.54, 1.807) is 12.1 Å². The zero-order chi connectivity index (χ0) is 23.5. The van der Waals surface area contributed by atoms with Crippen molar-refractivity contribution in [2.24, 2.45) is 0 Å². The number of amides is 1. The van der Waals surface area contributed by atoms with Crippen LogP contribution in [0.1, 0.15) is 11.1 Å². The molecule has 2 aromatic heterocycles. The third kappa shape index (κ3) is 5.29. The Morgan fingerprint density at radius 3 is 2.28 bits per heavy atom. The highest BCUT2D eigenvalue weighted by atomic mass is 19.4. The Balaban J connectivity index is 1.88. The molecule has 0 fully saturated rings. The summed E-state index contributed by atoms with van der Waals surface area (Å²) < 4.78 is 79.2. The van der Waals surface area contributed by atoms with Gasteiger partial charge in [-0.15, -0.1) is 5.10 Å². The number of pyridine rings is 1. The first-order chi connectivity index (χ1) is 15.0. The number of rotatable bonds is 5. The lowest BCUT2D eigenvalue weighted by Gasteiger charge is -2.18. The molecule has 0 aliphatic rings. The second-order valence-corrected chi connectivity index (χ2v) is 6.27. The predicted molar refractivity (Wildman–Crippen MR) is 102 cm³/mol. The lowest BCUT2D eigenvalue weighted by Crippen LogP contribution is -2.39. The molecule has 0 aliphatic heterocycles. The first-order valence-corrected chi connectivity index (χ1v) is 8.80. The molecule has 7 nitrogen and oxygen atoms in total. The number of carbonyl (C=O) groups is 1. The number of benzene rings is 1. The number of nitrogens with one attached hydrogen (secondary N) is 1. The molecule has 0 bridgehead atoms. The molecule has 1 amide bonds. The normalized spacial score (nSPS) is 12.3. The smallest absolute Gasteiger partial charge is 0.268 e. The maximum absolute atomic E-state index is 13.0. The van der Waals surface area contributed by atoms with Crippen LogP contribution in [0.25, 0.3) is 17.6 Å². The van der Waals surface area contributed by atoms with E-state index in [0.29, 0.717) is 17.8 Å². The van der Waals surface area contributed by atoms with Crippen LogP contribution in [0, 0.1) is 0 Å². The Morgan fingerprint density at radius 2 is 1.75 bits per heavy atom. The molecule has 0 unspecified atom stereocenters. The number of aromatic nitrogens is 4. The van der Waals surface area contributed by atoms with E-state index in [0.717, 1.165) is 28.3 Å². The van der Waals surface area contributed by atoms with Gasteiger partial charge in [-0.1, -0.05) is 0 Å². The molecule has 0 aliphatic carbocycles. The van der Waals surface area contributed by atoms with E-state index >= 15 is 0 Å². The van der Waals surface area contributed by atoms with E-state index in [1.165, 1.54) is 19.4 Å². The highest BCUT2D eigenvalue weighted by Crippen LogP contribution is 2.38. The number of hydrogen-bond donors (Lipinski definition) is 1. The van der Waals surface area contributed by atoms with E-state index in [9.17, 15) is 31.1 Å². The maximum atomic E-state index is 13.0. The van der Waals surface area contributed by atoms with Crippen LogP contribution in [0.4, 0.5) is 32.0 Å². The van der Waals surface area contributed by atoms with Crippen molar-refractivity contribution in [3.05, 3.63) is 66.3 Å². The van der Waals surface area contributed by atoms with Crippen molar-refractivity contribution in [2.45, 2.75) is 12.4 Å². The van der Waals surface area contributed by atoms with Crippen molar-refractivity contribution in [2.75, 3.05) is 12.1 Å². The fraction of sp³-hybridized carbons (Fsp3) is 0.158. The van der Waals surface area contributed by atoms with Crippen LogP contribution in [-0.4, -0.2) is 32.7 Å². The molecule has 168 valence electrons. The van der Waals surface area contributed by atoms with Crippen LogP contribution >= 0.6 is 0 Å². The van der Waals surface area contributed by atoms with Crippen molar-refractivity contribution in [3.63, 3.8) is 0 Å². The minimum absolute atomic E-state index is 0.0177. The Hall–Kier alpha value is -3.74. The van der Waals surface area contributed by atoms with E-state index < -0.39 is 35.0 Å². The molecule has 3 rings (SSSR count). The number of carbonyl (C=O) groups excluding carboxylic acids is 1. The molecule has 0 saturated carbocycles. The summed E-state index contributed by atoms with van der Waals surface area (Å²) in [7, 11) is 1.50. The Morgan fingerprint density at radius 1 is 1.09 bits per heavy atom. The fourth-order valence-electron chi connectivity index (χ4n) is 2.63. The van der Waals surface area contributed by atoms with Gasteiger partial charge in [-0.3, -0.25) is 9.78 Å². The molecule has 3 aromatic rings. The van der Waals surface area contributed by atoms with E-state index in [1.807, 2.05) is 0 Å². The van der Waals surface area contributed by atoms with Crippen LogP contribution < -0.4 is 10.4 Å². The minimum atomic E-state index is -4.99. The summed E-state index contributed by atoms with van der Waals surface area (Å²) >= 11 is 0. The Labute approximate surface area is 177 Å². The molecule has 1 N–H and O–H groups in total. The van der Waals surface area contributed by atoms with Crippen molar-refractivity contribution in [1.82, 2.24) is 25.2 Å². The summed E-state index contributed by atoms with van der Waals surface area (Å²) in [6, 6.07) is 4.30. The zero-order valence-corrected chi connectivity index (χ0v) is 16.2. The third-order valence-corrected chi connectivity index (χ3v) is 4.07. The lowest BCUT2D eigenvalue weighted by molar-refractivity contribution is -0.143. The molecule has 0 saturated heterocycles. The Kier molecular flexibility index (Phi) is 6.30. The average Bonchev–Trinajstić information content (AvgIpc) is 3.21. The fourth-order valence-corrected chi connectivity index (χ4v) is 2.63. The van der Waals surface area contributed by atoms with Gasteiger partial charge < -0.3 is 0 Å². The number of anilines is 1. The zero-order valence-electron chi connectivity index (χ0n) is 16.2. The second-order valence-electron chi connectivity index (χ2n) is 6.27. The summed E-state index contributed by atoms with van der Waals surface area (Å²) in [5.74, 6) is -0.924. The van der Waals surface area contributed by atoms with Gasteiger partial charge in [0.15, 0.2) is 5.82 Å². The summed E-state index contributed by atoms with van der Waals surface area (Å²) in [6.45, 7) is 0. The molecule has 0 radical (unpaired) electrons. The number of hydrogen-bond acceptors (Lipinski definition) is 5. The van der Waals surface area contributed by atoms with Crippen LogP contribution in [0.5, 0.6) is 0 Å². The SMILES string of the molecule is CNN(C(=O)/C=C\n1cnc(-c2cc(C(F)(F)F)cc(C(F)(F)F)c2)n1)c1cccnc1. The molecule has 13 heteroatoms. The molecule has 0 atom stereocenters. The quantitative estimate of drug-likeness (QED) is 0.357. The lowest BCUT2D eigenvalue weighted by atomic mass is 10.0. The van der Waals surface area contributed by atoms with Crippen molar-refractivity contribution < 1.29 is 31.1 Å². The van der Waals surface area contributed by atoms with Crippen LogP contribution in [0.2, 0.25) is 0 Å². The number of alkyl halides is 6. The highest BCUT2D eigenvalue weighted by Gasteiger charge is 2.37. The topological polar surface area (TPSA) is 75.9 Å². The summed E-state index contributed by atoms with van der Waals surface area (Å²) in [6.07, 6.45) is -3.76. The average molecular weight is 456 g/mol. The molecule has 2 heterocycles. The second kappa shape index (κ2) is 8.78. The van der Waals surface area contributed by atoms with Gasteiger partial charge >= 0.3 is 12.4 Å². The first kappa shape index (κ1) is 22.9. The van der Waals surface area contributed by atoms with Gasteiger partial charge in [-0.05, 0) is 30.3 Å². The van der Waals surface area contributed by atoms with Gasteiger partial charge in [-0.2, -0.15) is 26.3 Å². The van der Waals surface area contributed by atoms with Crippen molar-refractivity contribution in [1.29, 1.82) is 0 Å². The van der Waals surface area contributed by atoms with Gasteiger partial charge in [0.05, 0.1) is 23.0 Å². The molecule has 0 spiro atoms. The summed E-state index contributed by atoms with van der Waals surface area (Å²) in [5.41, 5.74) is -0.338. The molecular formula is C19H14F6N6O. The van der Waals surface area contributed by atoms with Crippen LogP contribution in [-0.2, 0) is 17.1 Å². The standard InChI is InChI=1S/C19H14F6N6O/c1-26-31(15-3-2-5-27-10-15)16(32)4-6-30-11-28-17(29-30)12-7-13(18(20,21)22)9-14(8-12)19(23,24)25/h2-11,26H,1H3/b6-4-. The monoisotopic (exact) mass is 456 g/mol. The third-order valence-electron chi connectivity index (χ3n) is 4.07. The van der Waals surface area contributed by atoms with Gasteiger partial charge in [0.2, 0.25) is 0 Å². The number of halogens is 6. The van der Waals surface area contributed by atoms with Gasteiger partial charge in [0, 0.05) is 31.1 Å². The van der Waals surface area contributed by atoms with E-state index in [-0.39, 0.29) is 11.9 Å². The number of nitrogens with zero attached hydrogens (tertiary/aromatic N) is 5. The van der Waals surface area contributed by atoms with Crippen LogP contribution in [0.3, 0.4) is 0 Å². The highest BCUT2D eigenvalue weighted by molar-refractivity contribution is 6.02. The minimum Gasteiger partial charge on any atom is -0.268 e. The van der Waals surface area contributed by atoms with E-state index in [2.05, 4.69) is 20.5 Å². The predicted octanol–water partition coefficient (Wildman–Crippen LogP) is 4.02. The summed E-state index contributed by atoms with van der Waals surface area (Å²) in [4.78, 5) is 20.0. The van der Waals surface area contributed by atoms with E-state index in [4.69, 9.17) is 0 Å². The Bertz CT molecular complexity index is 1090. The first-order valence-electron chi connectivity index (χ1n) is 8.80. The van der Waals surface area contributed by atoms with Gasteiger partial charge in [0.25, 0.3) is 5.91 Å². The van der Waals surface area contributed by atoms with Gasteiger partial charge in [-0.25, -0.2) is 20.1 Å². The van der Waals surface area contributed by atoms with Crippen molar-refractivity contribution >= 4 is 17.8 Å². The molecule has 1 aromatic carbocycles. The molecular weight excluding hydrogens is 442 g/mol. The van der Waals surface area contributed by atoms with Crippen LogP contribution in [0.15, 0.2) is 55.1 Å². The van der Waals surface area contributed by atoms with Gasteiger partial charge in [0.1, 0.15) is 6.33 Å². The number of hydrazine groups is 1. The molecule has 32 heavy (non-hydrogen) atoms. The maximum Gasteiger partial charge on any atom is 0.416 e. The largest absolute Gasteiger partial charge is 0.416 e.